The third-order valence-corrected chi connectivity index (χ3v) is 2.65. The lowest BCUT2D eigenvalue weighted by Crippen LogP contribution is -2.28. The van der Waals surface area contributed by atoms with Gasteiger partial charge in [-0.3, -0.25) is 0 Å². The number of hydrogen-bond acceptors (Lipinski definition) is 3. The van der Waals surface area contributed by atoms with Crippen LogP contribution in [0.2, 0.25) is 0 Å². The summed E-state index contributed by atoms with van der Waals surface area (Å²) in [5, 5.41) is 0. The monoisotopic (exact) mass is 210 g/mol. The maximum Gasteiger partial charge on any atom is 0.0949 e. The van der Waals surface area contributed by atoms with E-state index >= 15 is 0 Å². The van der Waals surface area contributed by atoms with Gasteiger partial charge in [0.25, 0.3) is 0 Å². The van der Waals surface area contributed by atoms with Crippen molar-refractivity contribution in [1.29, 1.82) is 0 Å². The largest absolute Gasteiger partial charge is 0.332 e. The first-order chi connectivity index (χ1) is 7.31. The van der Waals surface area contributed by atoms with Crippen molar-refractivity contribution in [2.75, 3.05) is 19.6 Å². The van der Waals surface area contributed by atoms with Crippen molar-refractivity contribution >= 4 is 0 Å². The molecule has 1 aromatic heterocycles. The number of aromatic nitrogens is 2. The molecule has 2 N–H and O–H groups in total. The summed E-state index contributed by atoms with van der Waals surface area (Å²) < 4.78 is 2.14. The topological polar surface area (TPSA) is 47.1 Å². The van der Waals surface area contributed by atoms with E-state index in [1.54, 1.807) is 0 Å². The summed E-state index contributed by atoms with van der Waals surface area (Å²) in [5.74, 6) is 0. The number of nitrogens with two attached hydrogens (primary N) is 1. The molecule has 0 saturated carbocycles. The van der Waals surface area contributed by atoms with Crippen LogP contribution in [0.1, 0.15) is 26.0 Å². The molecule has 0 aliphatic rings. The fraction of sp³-hybridized carbons (Fsp3) is 0.727. The molecule has 0 unspecified atom stereocenters. The number of nitrogens with zero attached hydrogens (tertiary/aromatic N) is 3. The molecule has 0 aliphatic carbocycles. The quantitative estimate of drug-likeness (QED) is 0.732. The van der Waals surface area contributed by atoms with Crippen molar-refractivity contribution in [3.8, 4) is 0 Å². The number of likely N-dealkylation sites (N-methyl/N-ethyl adjacent to an activating group) is 1. The second-order valence-electron chi connectivity index (χ2n) is 3.72. The van der Waals surface area contributed by atoms with E-state index in [0.717, 1.165) is 25.3 Å². The minimum absolute atomic E-state index is 0.569. The van der Waals surface area contributed by atoms with Crippen LogP contribution in [0.5, 0.6) is 0 Å². The third-order valence-electron chi connectivity index (χ3n) is 2.65. The molecule has 0 bridgehead atoms. The smallest absolute Gasteiger partial charge is 0.0949 e. The van der Waals surface area contributed by atoms with Gasteiger partial charge in [0.2, 0.25) is 0 Å². The zero-order chi connectivity index (χ0) is 11.1. The fourth-order valence-corrected chi connectivity index (χ4v) is 1.71. The predicted molar refractivity (Wildman–Crippen MR) is 62.5 cm³/mol. The molecule has 0 amide bonds. The highest BCUT2D eigenvalue weighted by molar-refractivity contribution is 4.97. The van der Waals surface area contributed by atoms with Crippen molar-refractivity contribution in [2.45, 2.75) is 33.4 Å². The van der Waals surface area contributed by atoms with Crippen LogP contribution < -0.4 is 5.73 Å². The lowest BCUT2D eigenvalue weighted by atomic mass is 10.4. The highest BCUT2D eigenvalue weighted by Gasteiger charge is 2.03. The SMILES string of the molecule is CCCN(CC)CCn1cncc1CN. The molecule has 0 fully saturated rings. The molecule has 0 spiro atoms. The van der Waals surface area contributed by atoms with Crippen LogP contribution in [-0.2, 0) is 13.1 Å². The Morgan fingerprint density at radius 1 is 1.40 bits per heavy atom. The Morgan fingerprint density at radius 3 is 2.80 bits per heavy atom. The van der Waals surface area contributed by atoms with Gasteiger partial charge in [-0.1, -0.05) is 13.8 Å². The van der Waals surface area contributed by atoms with Gasteiger partial charge in [0.15, 0.2) is 0 Å². The Hall–Kier alpha value is -0.870. The highest BCUT2D eigenvalue weighted by atomic mass is 15.2. The van der Waals surface area contributed by atoms with Crippen molar-refractivity contribution in [3.05, 3.63) is 18.2 Å². The third kappa shape index (κ3) is 3.64. The first-order valence-electron chi connectivity index (χ1n) is 5.73. The molecule has 1 rings (SSSR count). The number of rotatable bonds is 7. The molecule has 0 aliphatic heterocycles. The van der Waals surface area contributed by atoms with Gasteiger partial charge >= 0.3 is 0 Å². The molecular formula is C11H22N4. The van der Waals surface area contributed by atoms with Crippen LogP contribution in [0.3, 0.4) is 0 Å². The molecule has 1 heterocycles. The number of hydrogen-bond donors (Lipinski definition) is 1. The van der Waals surface area contributed by atoms with Gasteiger partial charge < -0.3 is 15.2 Å². The molecule has 1 aromatic rings. The minimum Gasteiger partial charge on any atom is -0.332 e. The lowest BCUT2D eigenvalue weighted by Gasteiger charge is -2.20. The van der Waals surface area contributed by atoms with E-state index in [1.807, 2.05) is 12.5 Å². The summed E-state index contributed by atoms with van der Waals surface area (Å²) in [7, 11) is 0. The van der Waals surface area contributed by atoms with E-state index in [-0.39, 0.29) is 0 Å². The van der Waals surface area contributed by atoms with Gasteiger partial charge in [-0.15, -0.1) is 0 Å². The summed E-state index contributed by atoms with van der Waals surface area (Å²) in [6, 6.07) is 0. The van der Waals surface area contributed by atoms with E-state index in [9.17, 15) is 0 Å². The minimum atomic E-state index is 0.569. The Morgan fingerprint density at radius 2 is 2.20 bits per heavy atom. The van der Waals surface area contributed by atoms with Crippen LogP contribution >= 0.6 is 0 Å². The summed E-state index contributed by atoms with van der Waals surface area (Å²) in [6.07, 6.45) is 4.92. The average molecular weight is 210 g/mol. The van der Waals surface area contributed by atoms with Crippen LogP contribution in [0.15, 0.2) is 12.5 Å². The fourth-order valence-electron chi connectivity index (χ4n) is 1.71. The summed E-state index contributed by atoms with van der Waals surface area (Å²) in [5.41, 5.74) is 6.73. The molecule has 0 atom stereocenters. The average Bonchev–Trinajstić information content (AvgIpc) is 2.71. The van der Waals surface area contributed by atoms with Crippen molar-refractivity contribution < 1.29 is 0 Å². The van der Waals surface area contributed by atoms with Gasteiger partial charge in [-0.2, -0.15) is 0 Å². The van der Waals surface area contributed by atoms with E-state index in [4.69, 9.17) is 5.73 Å². The zero-order valence-corrected chi connectivity index (χ0v) is 9.82. The van der Waals surface area contributed by atoms with E-state index in [2.05, 4.69) is 28.3 Å². The van der Waals surface area contributed by atoms with E-state index < -0.39 is 0 Å². The van der Waals surface area contributed by atoms with Gasteiger partial charge in [0.1, 0.15) is 0 Å². The normalized spacial score (nSPS) is 11.2. The second-order valence-corrected chi connectivity index (χ2v) is 3.72. The molecule has 4 heteroatoms. The van der Waals surface area contributed by atoms with Crippen molar-refractivity contribution in [1.82, 2.24) is 14.5 Å². The first-order valence-corrected chi connectivity index (χ1v) is 5.73. The summed E-state index contributed by atoms with van der Waals surface area (Å²) in [6.45, 7) is 9.33. The van der Waals surface area contributed by atoms with E-state index in [1.165, 1.54) is 13.0 Å². The maximum absolute atomic E-state index is 5.62. The summed E-state index contributed by atoms with van der Waals surface area (Å²) >= 11 is 0. The standard InChI is InChI=1S/C11H22N4/c1-3-5-14(4-2)6-7-15-10-13-9-11(15)8-12/h9-10H,3-8,12H2,1-2H3. The van der Waals surface area contributed by atoms with Gasteiger partial charge in [0, 0.05) is 25.8 Å². The Bertz CT molecular complexity index is 269. The molecule has 4 nitrogen and oxygen atoms in total. The van der Waals surface area contributed by atoms with Crippen LogP contribution in [0.4, 0.5) is 0 Å². The lowest BCUT2D eigenvalue weighted by molar-refractivity contribution is 0.275. The van der Waals surface area contributed by atoms with Gasteiger partial charge in [-0.25, -0.2) is 4.98 Å². The van der Waals surface area contributed by atoms with Crippen molar-refractivity contribution in [3.63, 3.8) is 0 Å². The van der Waals surface area contributed by atoms with Crippen LogP contribution in [-0.4, -0.2) is 34.1 Å². The number of imidazole rings is 1. The molecule has 0 radical (unpaired) electrons. The predicted octanol–water partition coefficient (Wildman–Crippen LogP) is 1.07. The molecule has 0 saturated heterocycles. The molecule has 86 valence electrons. The Labute approximate surface area is 92.1 Å². The van der Waals surface area contributed by atoms with E-state index in [0.29, 0.717) is 6.54 Å². The van der Waals surface area contributed by atoms with Crippen LogP contribution in [0.25, 0.3) is 0 Å². The van der Waals surface area contributed by atoms with Gasteiger partial charge in [0.05, 0.1) is 12.0 Å². The zero-order valence-electron chi connectivity index (χ0n) is 9.82. The molecule has 15 heavy (non-hydrogen) atoms. The second kappa shape index (κ2) is 6.58. The Balaban J connectivity index is 2.41. The van der Waals surface area contributed by atoms with Crippen molar-refractivity contribution in [2.24, 2.45) is 5.73 Å². The maximum atomic E-state index is 5.62. The van der Waals surface area contributed by atoms with Crippen LogP contribution in [0, 0.1) is 0 Å². The Kier molecular flexibility index (Phi) is 5.36. The molecule has 0 aromatic carbocycles. The first kappa shape index (κ1) is 12.2. The highest BCUT2D eigenvalue weighted by Crippen LogP contribution is 1.99. The summed E-state index contributed by atoms with van der Waals surface area (Å²) in [4.78, 5) is 6.55. The molecular weight excluding hydrogens is 188 g/mol. The van der Waals surface area contributed by atoms with Gasteiger partial charge in [-0.05, 0) is 19.5 Å².